The highest BCUT2D eigenvalue weighted by molar-refractivity contribution is 5.80. The molecule has 6 rings (SSSR count). The van der Waals surface area contributed by atoms with Crippen molar-refractivity contribution in [3.63, 3.8) is 0 Å². The first-order chi connectivity index (χ1) is 15.7. The second kappa shape index (κ2) is 7.68. The molecule has 1 aliphatic carbocycles. The van der Waals surface area contributed by atoms with E-state index in [1.54, 1.807) is 11.0 Å². The van der Waals surface area contributed by atoms with Gasteiger partial charge in [0.1, 0.15) is 11.9 Å². The highest BCUT2D eigenvalue weighted by atomic mass is 16.6. The molecule has 5 nitrogen and oxygen atoms in total. The monoisotopic (exact) mass is 427 g/mol. The summed E-state index contributed by atoms with van der Waals surface area (Å²) in [4.78, 5) is 15.3. The van der Waals surface area contributed by atoms with Crippen LogP contribution in [0.1, 0.15) is 47.3 Å². The van der Waals surface area contributed by atoms with Gasteiger partial charge in [-0.15, -0.1) is 0 Å². The largest absolute Gasteiger partial charge is 0.508 e. The minimum absolute atomic E-state index is 0.151. The molecule has 0 aromatic heterocycles. The Hall–Kier alpha value is -3.31. The predicted octanol–water partition coefficient (Wildman–Crippen LogP) is 5.38. The summed E-state index contributed by atoms with van der Waals surface area (Å²) < 4.78 is 12.3. The van der Waals surface area contributed by atoms with Crippen LogP contribution in [0.3, 0.4) is 0 Å². The van der Waals surface area contributed by atoms with Crippen molar-refractivity contribution in [3.05, 3.63) is 89.0 Å². The quantitative estimate of drug-likeness (QED) is 0.597. The number of hydrogen-bond acceptors (Lipinski definition) is 4. The number of aromatic hydroxyl groups is 1. The van der Waals surface area contributed by atoms with Crippen LogP contribution in [0.2, 0.25) is 0 Å². The van der Waals surface area contributed by atoms with Crippen LogP contribution in [0.5, 0.6) is 5.75 Å². The molecule has 1 fully saturated rings. The summed E-state index contributed by atoms with van der Waals surface area (Å²) in [7, 11) is 0. The lowest BCUT2D eigenvalue weighted by Gasteiger charge is -2.35. The fraction of sp³-hybridized carbons (Fsp3) is 0.296. The first-order valence-electron chi connectivity index (χ1n) is 11.3. The number of carbonyl (C=O) groups is 1. The molecule has 5 heteroatoms. The van der Waals surface area contributed by atoms with E-state index in [0.29, 0.717) is 13.2 Å². The normalized spacial score (nSPS) is 21.7. The number of benzene rings is 3. The number of hydrogen-bond donors (Lipinski definition) is 1. The topological polar surface area (TPSA) is 59.0 Å². The van der Waals surface area contributed by atoms with E-state index in [-0.39, 0.29) is 24.0 Å². The molecule has 1 amide bonds. The van der Waals surface area contributed by atoms with Gasteiger partial charge in [0.2, 0.25) is 0 Å². The van der Waals surface area contributed by atoms with Crippen LogP contribution in [0.4, 0.5) is 4.79 Å². The van der Waals surface area contributed by atoms with Crippen molar-refractivity contribution >= 4 is 6.09 Å². The lowest BCUT2D eigenvalue weighted by molar-refractivity contribution is -0.0167. The number of ether oxygens (including phenoxy) is 2. The van der Waals surface area contributed by atoms with Gasteiger partial charge in [0.25, 0.3) is 0 Å². The predicted molar refractivity (Wildman–Crippen MR) is 120 cm³/mol. The zero-order valence-corrected chi connectivity index (χ0v) is 17.7. The van der Waals surface area contributed by atoms with Crippen LogP contribution in [0.25, 0.3) is 11.1 Å². The van der Waals surface area contributed by atoms with E-state index in [2.05, 4.69) is 12.1 Å². The smallest absolute Gasteiger partial charge is 0.411 e. The van der Waals surface area contributed by atoms with Crippen LogP contribution in [-0.4, -0.2) is 35.3 Å². The summed E-state index contributed by atoms with van der Waals surface area (Å²) in [6, 6.07) is 21.7. The molecule has 0 radical (unpaired) electrons. The maximum Gasteiger partial charge on any atom is 0.411 e. The van der Waals surface area contributed by atoms with Gasteiger partial charge in [-0.05, 0) is 42.0 Å². The molecule has 162 valence electrons. The summed E-state index contributed by atoms with van der Waals surface area (Å²) in [6.07, 6.45) is 1.41. The first kappa shape index (κ1) is 19.4. The van der Waals surface area contributed by atoms with Crippen molar-refractivity contribution in [2.75, 3.05) is 13.2 Å². The Morgan fingerprint density at radius 2 is 1.69 bits per heavy atom. The van der Waals surface area contributed by atoms with Crippen LogP contribution in [-0.2, 0) is 15.9 Å². The number of carbonyl (C=O) groups excluding carboxylic acids is 1. The molecule has 3 aromatic carbocycles. The molecule has 2 aliphatic heterocycles. The van der Waals surface area contributed by atoms with E-state index < -0.39 is 6.10 Å². The van der Waals surface area contributed by atoms with Gasteiger partial charge in [0.15, 0.2) is 6.10 Å². The molecule has 3 aliphatic rings. The van der Waals surface area contributed by atoms with Gasteiger partial charge in [-0.3, -0.25) is 0 Å². The van der Waals surface area contributed by atoms with Crippen LogP contribution in [0, 0.1) is 0 Å². The van der Waals surface area contributed by atoms with E-state index in [1.807, 2.05) is 48.5 Å². The van der Waals surface area contributed by atoms with Gasteiger partial charge in [0, 0.05) is 23.2 Å². The number of likely N-dealkylation sites (tertiary alicyclic amines) is 1. The fourth-order valence-corrected chi connectivity index (χ4v) is 5.57. The molecule has 0 spiro atoms. The number of fused-ring (bicyclic) bond motifs is 4. The van der Waals surface area contributed by atoms with Crippen LogP contribution in [0.15, 0.2) is 66.7 Å². The molecule has 1 saturated heterocycles. The Labute approximate surface area is 187 Å². The summed E-state index contributed by atoms with van der Waals surface area (Å²) >= 11 is 0. The average molecular weight is 428 g/mol. The van der Waals surface area contributed by atoms with Crippen LogP contribution < -0.4 is 0 Å². The maximum absolute atomic E-state index is 13.5. The number of phenols is 1. The van der Waals surface area contributed by atoms with Gasteiger partial charge in [-0.25, -0.2) is 4.79 Å². The van der Waals surface area contributed by atoms with Crippen molar-refractivity contribution in [2.24, 2.45) is 0 Å². The van der Waals surface area contributed by atoms with Gasteiger partial charge in [-0.1, -0.05) is 60.7 Å². The molecule has 0 unspecified atom stereocenters. The SMILES string of the molecule is O=C(OC1c2ccccc2-c2ccccc21)N1CCC[C@H]1[C@@H]1OCCc2cccc(O)c21. The zero-order valence-electron chi connectivity index (χ0n) is 17.7. The maximum atomic E-state index is 13.5. The summed E-state index contributed by atoms with van der Waals surface area (Å²) in [5, 5.41) is 10.5. The standard InChI is InChI=1S/C27H25NO4/c29-23-13-5-7-17-14-16-31-26(24(17)23)22-12-6-15-28(22)27(30)32-25-20-10-3-1-8-18(20)19-9-2-4-11-21(19)25/h1-5,7-11,13,22,25-26,29H,6,12,14-16H2/t22-,26-/m0/s1. The number of amides is 1. The highest BCUT2D eigenvalue weighted by Crippen LogP contribution is 2.46. The van der Waals surface area contributed by atoms with Gasteiger partial charge in [-0.2, -0.15) is 0 Å². The Bertz CT molecular complexity index is 1140. The van der Waals surface area contributed by atoms with Crippen molar-refractivity contribution in [3.8, 4) is 16.9 Å². The second-order valence-corrected chi connectivity index (χ2v) is 8.73. The third kappa shape index (κ3) is 3.00. The number of rotatable bonds is 2. The second-order valence-electron chi connectivity index (χ2n) is 8.73. The molecule has 32 heavy (non-hydrogen) atoms. The molecule has 0 bridgehead atoms. The number of phenolic OH excluding ortho intramolecular Hbond substituents is 1. The zero-order chi connectivity index (χ0) is 21.7. The molecule has 1 N–H and O–H groups in total. The summed E-state index contributed by atoms with van der Waals surface area (Å²) in [5.41, 5.74) is 6.20. The van der Waals surface area contributed by atoms with E-state index in [9.17, 15) is 9.90 Å². The molecule has 2 heterocycles. The minimum Gasteiger partial charge on any atom is -0.508 e. The Morgan fingerprint density at radius 1 is 0.969 bits per heavy atom. The first-order valence-corrected chi connectivity index (χ1v) is 11.3. The van der Waals surface area contributed by atoms with Crippen LogP contribution >= 0.6 is 0 Å². The van der Waals surface area contributed by atoms with E-state index in [1.165, 1.54) is 0 Å². The molecule has 3 aromatic rings. The Balaban J connectivity index is 1.30. The minimum atomic E-state index is -0.413. The van der Waals surface area contributed by atoms with Crippen molar-refractivity contribution in [1.29, 1.82) is 0 Å². The van der Waals surface area contributed by atoms with E-state index in [0.717, 1.165) is 52.6 Å². The average Bonchev–Trinajstić information content (AvgIpc) is 3.43. The van der Waals surface area contributed by atoms with E-state index >= 15 is 0 Å². The van der Waals surface area contributed by atoms with Gasteiger partial charge < -0.3 is 19.5 Å². The fourth-order valence-electron chi connectivity index (χ4n) is 5.57. The highest BCUT2D eigenvalue weighted by Gasteiger charge is 2.42. The van der Waals surface area contributed by atoms with Crippen molar-refractivity contribution in [1.82, 2.24) is 4.90 Å². The molecular formula is C27H25NO4. The molecule has 2 atom stereocenters. The van der Waals surface area contributed by atoms with Gasteiger partial charge in [0.05, 0.1) is 12.6 Å². The Morgan fingerprint density at radius 3 is 2.44 bits per heavy atom. The third-order valence-electron chi connectivity index (χ3n) is 7.01. The Kier molecular flexibility index (Phi) is 4.65. The van der Waals surface area contributed by atoms with Crippen molar-refractivity contribution < 1.29 is 19.4 Å². The summed E-state index contributed by atoms with van der Waals surface area (Å²) in [5.74, 6) is 0.242. The lowest BCUT2D eigenvalue weighted by Crippen LogP contribution is -2.42. The summed E-state index contributed by atoms with van der Waals surface area (Å²) in [6.45, 7) is 1.21. The number of nitrogens with zero attached hydrogens (tertiary/aromatic N) is 1. The van der Waals surface area contributed by atoms with E-state index in [4.69, 9.17) is 9.47 Å². The third-order valence-corrected chi connectivity index (χ3v) is 7.01. The van der Waals surface area contributed by atoms with Gasteiger partial charge >= 0.3 is 6.09 Å². The lowest BCUT2D eigenvalue weighted by atomic mass is 9.91. The van der Waals surface area contributed by atoms with Crippen molar-refractivity contribution in [2.45, 2.75) is 37.5 Å². The molecule has 0 saturated carbocycles. The molecular weight excluding hydrogens is 402 g/mol.